The van der Waals surface area contributed by atoms with Gasteiger partial charge in [-0.1, -0.05) is 30.3 Å². The molecule has 1 aliphatic heterocycles. The maximum atomic E-state index is 12.5. The Hall–Kier alpha value is -2.35. The molecule has 1 aromatic carbocycles. The van der Waals surface area contributed by atoms with E-state index in [4.69, 9.17) is 0 Å². The van der Waals surface area contributed by atoms with Crippen molar-refractivity contribution in [3.05, 3.63) is 54.1 Å². The van der Waals surface area contributed by atoms with Crippen LogP contribution in [0.1, 0.15) is 30.0 Å². The zero-order valence-electron chi connectivity index (χ0n) is 12.6. The van der Waals surface area contributed by atoms with Gasteiger partial charge in [-0.3, -0.25) is 4.79 Å². The van der Waals surface area contributed by atoms with Gasteiger partial charge in [0, 0.05) is 18.9 Å². The van der Waals surface area contributed by atoms with Crippen molar-refractivity contribution in [1.82, 2.24) is 14.5 Å². The Morgan fingerprint density at radius 3 is 2.67 bits per heavy atom. The molecule has 2 atom stereocenters. The fraction of sp³-hybridized carbons (Fsp3) is 0.375. The van der Waals surface area contributed by atoms with Crippen LogP contribution in [0.25, 0.3) is 0 Å². The highest BCUT2D eigenvalue weighted by atomic mass is 19.4. The molecule has 1 N–H and O–H groups in total. The Morgan fingerprint density at radius 2 is 2.00 bits per heavy atom. The van der Waals surface area contributed by atoms with Gasteiger partial charge in [0.1, 0.15) is 24.5 Å². The van der Waals surface area contributed by atoms with E-state index in [2.05, 4.69) is 4.98 Å². The predicted molar refractivity (Wildman–Crippen MR) is 79.0 cm³/mol. The highest BCUT2D eigenvalue weighted by molar-refractivity contribution is 5.82. The van der Waals surface area contributed by atoms with Crippen LogP contribution in [-0.2, 0) is 4.79 Å². The maximum absolute atomic E-state index is 12.5. The molecule has 1 fully saturated rings. The molecule has 0 aliphatic carbocycles. The molecule has 1 amide bonds. The standard InChI is InChI=1S/C16H16F3N3O2/c17-16(18,19)10-21-8-6-12(15(21)24)22-9-7-20-14(22)13(23)11-4-2-1-3-5-11/h1-5,7,9,12-13,23H,6,8,10H2/t12-,13-/m1/s1. The molecule has 2 heterocycles. The molecular weight excluding hydrogens is 323 g/mol. The van der Waals surface area contributed by atoms with E-state index in [-0.39, 0.29) is 18.8 Å². The number of rotatable bonds is 4. The molecule has 128 valence electrons. The molecule has 0 radical (unpaired) electrons. The third-order valence-corrected chi connectivity index (χ3v) is 4.03. The number of likely N-dealkylation sites (tertiary alicyclic amines) is 1. The summed E-state index contributed by atoms with van der Waals surface area (Å²) in [6.07, 6.45) is -2.28. The van der Waals surface area contributed by atoms with Crippen molar-refractivity contribution in [2.75, 3.05) is 13.1 Å². The van der Waals surface area contributed by atoms with Crippen molar-refractivity contribution in [2.45, 2.75) is 24.7 Å². The Kier molecular flexibility index (Phi) is 4.31. The fourth-order valence-corrected chi connectivity index (χ4v) is 2.94. The number of amides is 1. The summed E-state index contributed by atoms with van der Waals surface area (Å²) >= 11 is 0. The van der Waals surface area contributed by atoms with Crippen molar-refractivity contribution < 1.29 is 23.1 Å². The number of halogens is 3. The molecule has 0 unspecified atom stereocenters. The first kappa shape index (κ1) is 16.5. The van der Waals surface area contributed by atoms with Crippen molar-refractivity contribution in [3.63, 3.8) is 0 Å². The van der Waals surface area contributed by atoms with Crippen LogP contribution in [0.5, 0.6) is 0 Å². The zero-order valence-corrected chi connectivity index (χ0v) is 12.6. The SMILES string of the molecule is O=C1[C@H](n2ccnc2[C@H](O)c2ccccc2)CCN1CC(F)(F)F. The number of hydrogen-bond acceptors (Lipinski definition) is 3. The summed E-state index contributed by atoms with van der Waals surface area (Å²) in [7, 11) is 0. The normalized spacial score (nSPS) is 19.8. The van der Waals surface area contributed by atoms with E-state index in [0.29, 0.717) is 5.56 Å². The van der Waals surface area contributed by atoms with Crippen LogP contribution in [0.4, 0.5) is 13.2 Å². The van der Waals surface area contributed by atoms with Crippen LogP contribution >= 0.6 is 0 Å². The molecule has 0 saturated carbocycles. The molecule has 0 spiro atoms. The van der Waals surface area contributed by atoms with Gasteiger partial charge in [0.2, 0.25) is 5.91 Å². The van der Waals surface area contributed by atoms with E-state index >= 15 is 0 Å². The highest BCUT2D eigenvalue weighted by Gasteiger charge is 2.40. The van der Waals surface area contributed by atoms with E-state index in [1.165, 1.54) is 17.0 Å². The van der Waals surface area contributed by atoms with Gasteiger partial charge in [0.25, 0.3) is 0 Å². The highest BCUT2D eigenvalue weighted by Crippen LogP contribution is 2.30. The van der Waals surface area contributed by atoms with Crippen LogP contribution in [0.3, 0.4) is 0 Å². The Morgan fingerprint density at radius 1 is 1.29 bits per heavy atom. The van der Waals surface area contributed by atoms with Gasteiger partial charge in [-0.25, -0.2) is 4.98 Å². The minimum atomic E-state index is -4.42. The predicted octanol–water partition coefficient (Wildman–Crippen LogP) is 2.30. The second kappa shape index (κ2) is 6.27. The van der Waals surface area contributed by atoms with Gasteiger partial charge >= 0.3 is 6.18 Å². The fourth-order valence-electron chi connectivity index (χ4n) is 2.94. The van der Waals surface area contributed by atoms with Crippen LogP contribution in [0, 0.1) is 0 Å². The second-order valence-corrected chi connectivity index (χ2v) is 5.69. The van der Waals surface area contributed by atoms with E-state index in [1.54, 1.807) is 30.3 Å². The first-order valence-corrected chi connectivity index (χ1v) is 7.48. The quantitative estimate of drug-likeness (QED) is 0.930. The average molecular weight is 339 g/mol. The van der Waals surface area contributed by atoms with Crippen molar-refractivity contribution >= 4 is 5.91 Å². The molecule has 2 aromatic rings. The first-order valence-electron chi connectivity index (χ1n) is 7.48. The Balaban J connectivity index is 1.82. The number of hydrogen-bond donors (Lipinski definition) is 1. The van der Waals surface area contributed by atoms with Crippen LogP contribution in [-0.4, -0.2) is 44.7 Å². The molecule has 5 nitrogen and oxygen atoms in total. The molecule has 1 aliphatic rings. The lowest BCUT2D eigenvalue weighted by molar-refractivity contribution is -0.158. The first-order chi connectivity index (χ1) is 11.4. The van der Waals surface area contributed by atoms with E-state index < -0.39 is 30.8 Å². The van der Waals surface area contributed by atoms with Crippen LogP contribution in [0.15, 0.2) is 42.7 Å². The molecule has 3 rings (SSSR count). The van der Waals surface area contributed by atoms with Crippen LogP contribution in [0.2, 0.25) is 0 Å². The third kappa shape index (κ3) is 3.28. The summed E-state index contributed by atoms with van der Waals surface area (Å²) < 4.78 is 39.0. The lowest BCUT2D eigenvalue weighted by atomic mass is 10.1. The molecular formula is C16H16F3N3O2. The van der Waals surface area contributed by atoms with Crippen LogP contribution < -0.4 is 0 Å². The summed E-state index contributed by atoms with van der Waals surface area (Å²) in [5.41, 5.74) is 0.600. The molecule has 8 heteroatoms. The topological polar surface area (TPSA) is 58.4 Å². The number of imidazole rings is 1. The van der Waals surface area contributed by atoms with Gasteiger partial charge in [0.15, 0.2) is 0 Å². The zero-order chi connectivity index (χ0) is 17.3. The van der Waals surface area contributed by atoms with E-state index in [1.807, 2.05) is 0 Å². The summed E-state index contributed by atoms with van der Waals surface area (Å²) in [5.74, 6) is -0.361. The van der Waals surface area contributed by atoms with Crippen molar-refractivity contribution in [2.24, 2.45) is 0 Å². The van der Waals surface area contributed by atoms with Gasteiger partial charge in [-0.2, -0.15) is 13.2 Å². The number of aliphatic hydroxyl groups excluding tert-OH is 1. The smallest absolute Gasteiger partial charge is 0.380 e. The summed E-state index contributed by atoms with van der Waals surface area (Å²) in [4.78, 5) is 17.2. The lowest BCUT2D eigenvalue weighted by Gasteiger charge is -2.20. The summed E-state index contributed by atoms with van der Waals surface area (Å²) in [6, 6.07) is 7.99. The Labute approximate surface area is 136 Å². The number of carbonyl (C=O) groups excluding carboxylic acids is 1. The third-order valence-electron chi connectivity index (χ3n) is 4.03. The molecule has 1 saturated heterocycles. The summed E-state index contributed by atoms with van der Waals surface area (Å²) in [5, 5.41) is 10.5. The van der Waals surface area contributed by atoms with Gasteiger partial charge in [0.05, 0.1) is 0 Å². The molecule has 1 aromatic heterocycles. The Bertz CT molecular complexity index is 715. The molecule has 0 bridgehead atoms. The number of nitrogens with zero attached hydrogens (tertiary/aromatic N) is 3. The number of benzene rings is 1. The monoisotopic (exact) mass is 339 g/mol. The number of aliphatic hydroxyl groups is 1. The minimum Gasteiger partial charge on any atom is -0.380 e. The minimum absolute atomic E-state index is 0.0298. The van der Waals surface area contributed by atoms with Crippen molar-refractivity contribution in [1.29, 1.82) is 0 Å². The molecule has 24 heavy (non-hydrogen) atoms. The van der Waals surface area contributed by atoms with Gasteiger partial charge in [-0.05, 0) is 12.0 Å². The van der Waals surface area contributed by atoms with Gasteiger partial charge in [-0.15, -0.1) is 0 Å². The maximum Gasteiger partial charge on any atom is 0.406 e. The number of alkyl halides is 3. The number of aromatic nitrogens is 2. The van der Waals surface area contributed by atoms with Crippen molar-refractivity contribution in [3.8, 4) is 0 Å². The average Bonchev–Trinajstić information content (AvgIpc) is 3.14. The second-order valence-electron chi connectivity index (χ2n) is 5.69. The summed E-state index contributed by atoms with van der Waals surface area (Å²) in [6.45, 7) is -1.23. The van der Waals surface area contributed by atoms with E-state index in [0.717, 1.165) is 4.90 Å². The van der Waals surface area contributed by atoms with Gasteiger partial charge < -0.3 is 14.6 Å². The van der Waals surface area contributed by atoms with E-state index in [9.17, 15) is 23.1 Å². The lowest BCUT2D eigenvalue weighted by Crippen LogP contribution is -2.36. The number of carbonyl (C=O) groups is 1. The largest absolute Gasteiger partial charge is 0.406 e.